The Morgan fingerprint density at radius 3 is 2.73 bits per heavy atom. The molecule has 3 heteroatoms. The molecular formula is C12H16BrFO. The molecule has 0 bridgehead atoms. The highest BCUT2D eigenvalue weighted by Gasteiger charge is 2.02. The average molecular weight is 275 g/mol. The normalized spacial score (nSPS) is 10.3. The molecule has 0 aliphatic heterocycles. The van der Waals surface area contributed by atoms with Gasteiger partial charge >= 0.3 is 0 Å². The highest BCUT2D eigenvalue weighted by Crippen LogP contribution is 2.21. The van der Waals surface area contributed by atoms with Crippen LogP contribution in [0.15, 0.2) is 22.7 Å². The van der Waals surface area contributed by atoms with Crippen molar-refractivity contribution in [3.8, 4) is 5.75 Å². The Morgan fingerprint density at radius 1 is 1.27 bits per heavy atom. The largest absolute Gasteiger partial charge is 0.491 e. The standard InChI is InChI=1S/C12H16BrFO/c1-2-3-4-5-8-15-12-7-6-10(13)9-11(12)14/h6-7,9H,2-5,8H2,1H3. The highest BCUT2D eigenvalue weighted by atomic mass is 79.9. The Kier molecular flexibility index (Phi) is 5.69. The van der Waals surface area contributed by atoms with Gasteiger partial charge in [0.1, 0.15) is 0 Å². The van der Waals surface area contributed by atoms with Crippen molar-refractivity contribution in [2.75, 3.05) is 6.61 Å². The molecule has 0 fully saturated rings. The van der Waals surface area contributed by atoms with Crippen molar-refractivity contribution in [3.05, 3.63) is 28.5 Å². The second-order valence-corrected chi connectivity index (χ2v) is 4.40. The van der Waals surface area contributed by atoms with E-state index in [0.29, 0.717) is 12.4 Å². The van der Waals surface area contributed by atoms with Crippen LogP contribution in [0.2, 0.25) is 0 Å². The summed E-state index contributed by atoms with van der Waals surface area (Å²) in [5.41, 5.74) is 0. The molecule has 0 amide bonds. The Hall–Kier alpha value is -0.570. The maximum atomic E-state index is 13.3. The van der Waals surface area contributed by atoms with Gasteiger partial charge in [0.25, 0.3) is 0 Å². The predicted molar refractivity (Wildman–Crippen MR) is 63.7 cm³/mol. The third kappa shape index (κ3) is 4.65. The molecule has 1 nitrogen and oxygen atoms in total. The summed E-state index contributed by atoms with van der Waals surface area (Å²) in [5.74, 6) is 0.0366. The minimum absolute atomic E-state index is 0.306. The third-order valence-electron chi connectivity index (χ3n) is 2.15. The molecule has 0 saturated heterocycles. The van der Waals surface area contributed by atoms with Gasteiger partial charge in [-0.15, -0.1) is 0 Å². The van der Waals surface area contributed by atoms with Gasteiger partial charge in [-0.25, -0.2) is 4.39 Å². The zero-order valence-electron chi connectivity index (χ0n) is 8.93. The van der Waals surface area contributed by atoms with Crippen LogP contribution in [0.4, 0.5) is 4.39 Å². The maximum absolute atomic E-state index is 13.3. The van der Waals surface area contributed by atoms with E-state index in [4.69, 9.17) is 4.74 Å². The van der Waals surface area contributed by atoms with Crippen molar-refractivity contribution >= 4 is 15.9 Å². The highest BCUT2D eigenvalue weighted by molar-refractivity contribution is 9.10. The second-order valence-electron chi connectivity index (χ2n) is 3.48. The molecule has 0 aromatic heterocycles. The molecule has 0 unspecified atom stereocenters. The minimum Gasteiger partial charge on any atom is -0.491 e. The van der Waals surface area contributed by atoms with Gasteiger partial charge in [0.15, 0.2) is 11.6 Å². The lowest BCUT2D eigenvalue weighted by Gasteiger charge is -2.06. The first-order chi connectivity index (χ1) is 7.24. The Balaban J connectivity index is 2.31. The molecule has 0 aliphatic carbocycles. The molecule has 1 rings (SSSR count). The van der Waals surface area contributed by atoms with Gasteiger partial charge < -0.3 is 4.74 Å². The Morgan fingerprint density at radius 2 is 2.07 bits per heavy atom. The number of rotatable bonds is 6. The summed E-state index contributed by atoms with van der Waals surface area (Å²) in [4.78, 5) is 0. The van der Waals surface area contributed by atoms with Crippen LogP contribution in [0.25, 0.3) is 0 Å². The molecule has 15 heavy (non-hydrogen) atoms. The minimum atomic E-state index is -0.306. The SMILES string of the molecule is CCCCCCOc1ccc(Br)cc1F. The van der Waals surface area contributed by atoms with Crippen LogP contribution in [0.3, 0.4) is 0 Å². The summed E-state index contributed by atoms with van der Waals surface area (Å²) in [5, 5.41) is 0. The predicted octanol–water partition coefficient (Wildman–Crippen LogP) is 4.55. The van der Waals surface area contributed by atoms with Crippen LogP contribution in [-0.2, 0) is 0 Å². The van der Waals surface area contributed by atoms with E-state index >= 15 is 0 Å². The molecule has 1 aromatic carbocycles. The summed E-state index contributed by atoms with van der Waals surface area (Å²) in [6.07, 6.45) is 4.55. The molecule has 0 aliphatic rings. The van der Waals surface area contributed by atoms with Crippen molar-refractivity contribution in [3.63, 3.8) is 0 Å². The summed E-state index contributed by atoms with van der Waals surface area (Å²) in [6, 6.07) is 4.85. The quantitative estimate of drug-likeness (QED) is 0.692. The molecular weight excluding hydrogens is 259 g/mol. The second kappa shape index (κ2) is 6.83. The first-order valence-corrected chi connectivity index (χ1v) is 6.11. The number of benzene rings is 1. The fourth-order valence-electron chi connectivity index (χ4n) is 1.30. The maximum Gasteiger partial charge on any atom is 0.166 e. The van der Waals surface area contributed by atoms with E-state index in [0.717, 1.165) is 17.3 Å². The van der Waals surface area contributed by atoms with Crippen molar-refractivity contribution in [2.24, 2.45) is 0 Å². The first-order valence-electron chi connectivity index (χ1n) is 5.32. The number of hydrogen-bond acceptors (Lipinski definition) is 1. The lowest BCUT2D eigenvalue weighted by molar-refractivity contribution is 0.290. The molecule has 0 saturated carbocycles. The van der Waals surface area contributed by atoms with Gasteiger partial charge in [-0.2, -0.15) is 0 Å². The van der Waals surface area contributed by atoms with Crippen LogP contribution in [0.5, 0.6) is 5.75 Å². The lowest BCUT2D eigenvalue weighted by Crippen LogP contribution is -1.99. The summed E-state index contributed by atoms with van der Waals surface area (Å²) in [7, 11) is 0. The topological polar surface area (TPSA) is 9.23 Å². The van der Waals surface area contributed by atoms with Crippen molar-refractivity contribution in [1.29, 1.82) is 0 Å². The van der Waals surface area contributed by atoms with E-state index in [2.05, 4.69) is 22.9 Å². The summed E-state index contributed by atoms with van der Waals surface area (Å²) >= 11 is 3.20. The first kappa shape index (κ1) is 12.5. The Bertz CT molecular complexity index is 302. The van der Waals surface area contributed by atoms with E-state index in [1.807, 2.05) is 0 Å². The number of halogens is 2. The zero-order valence-corrected chi connectivity index (χ0v) is 10.5. The Labute approximate surface area is 98.8 Å². The number of hydrogen-bond donors (Lipinski definition) is 0. The van der Waals surface area contributed by atoms with E-state index in [9.17, 15) is 4.39 Å². The molecule has 0 radical (unpaired) electrons. The van der Waals surface area contributed by atoms with Crippen LogP contribution in [0.1, 0.15) is 32.6 Å². The van der Waals surface area contributed by atoms with Gasteiger partial charge in [0.05, 0.1) is 6.61 Å². The molecule has 1 aromatic rings. The van der Waals surface area contributed by atoms with E-state index in [1.54, 1.807) is 12.1 Å². The van der Waals surface area contributed by atoms with Crippen LogP contribution in [0, 0.1) is 5.82 Å². The van der Waals surface area contributed by atoms with Crippen molar-refractivity contribution in [1.82, 2.24) is 0 Å². The number of ether oxygens (including phenoxy) is 1. The van der Waals surface area contributed by atoms with Gasteiger partial charge in [-0.05, 0) is 24.6 Å². The molecule has 0 spiro atoms. The smallest absolute Gasteiger partial charge is 0.166 e. The fraction of sp³-hybridized carbons (Fsp3) is 0.500. The number of unbranched alkanes of at least 4 members (excludes halogenated alkanes) is 3. The van der Waals surface area contributed by atoms with E-state index in [1.165, 1.54) is 18.9 Å². The van der Waals surface area contributed by atoms with Gasteiger partial charge in [-0.1, -0.05) is 42.1 Å². The monoisotopic (exact) mass is 274 g/mol. The molecule has 0 N–H and O–H groups in total. The molecule has 0 heterocycles. The summed E-state index contributed by atoms with van der Waals surface area (Å²) in [6.45, 7) is 2.76. The van der Waals surface area contributed by atoms with Crippen LogP contribution in [-0.4, -0.2) is 6.61 Å². The van der Waals surface area contributed by atoms with Gasteiger partial charge in [0.2, 0.25) is 0 Å². The van der Waals surface area contributed by atoms with Crippen molar-refractivity contribution < 1.29 is 9.13 Å². The summed E-state index contributed by atoms with van der Waals surface area (Å²) < 4.78 is 19.3. The average Bonchev–Trinajstić information content (AvgIpc) is 2.20. The van der Waals surface area contributed by atoms with Gasteiger partial charge in [0, 0.05) is 4.47 Å². The molecule has 84 valence electrons. The van der Waals surface area contributed by atoms with E-state index < -0.39 is 0 Å². The van der Waals surface area contributed by atoms with Crippen molar-refractivity contribution in [2.45, 2.75) is 32.6 Å². The fourth-order valence-corrected chi connectivity index (χ4v) is 1.64. The third-order valence-corrected chi connectivity index (χ3v) is 2.64. The van der Waals surface area contributed by atoms with Crippen LogP contribution < -0.4 is 4.74 Å². The van der Waals surface area contributed by atoms with E-state index in [-0.39, 0.29) is 5.82 Å². The van der Waals surface area contributed by atoms with Gasteiger partial charge in [-0.3, -0.25) is 0 Å². The molecule has 0 atom stereocenters. The zero-order chi connectivity index (χ0) is 11.1. The lowest BCUT2D eigenvalue weighted by atomic mass is 10.2. The van der Waals surface area contributed by atoms with Crippen LogP contribution >= 0.6 is 15.9 Å².